The molecule has 0 spiro atoms. The summed E-state index contributed by atoms with van der Waals surface area (Å²) < 4.78 is 43.1. The summed E-state index contributed by atoms with van der Waals surface area (Å²) in [6.45, 7) is 7.92. The second kappa shape index (κ2) is 26.9. The first kappa shape index (κ1) is 57.6. The molecule has 2 unspecified atom stereocenters. The summed E-state index contributed by atoms with van der Waals surface area (Å²) in [5, 5.41) is 22.5. The van der Waals surface area contributed by atoms with Crippen LogP contribution in [0.1, 0.15) is 59.1 Å². The maximum Gasteiger partial charge on any atom is 0.414 e. The number of anilines is 2. The van der Waals surface area contributed by atoms with E-state index in [4.69, 9.17) is 29.2 Å². The number of cyclic esters (lactones) is 2. The van der Waals surface area contributed by atoms with Gasteiger partial charge in [0.05, 0.1) is 43.8 Å². The van der Waals surface area contributed by atoms with Crippen LogP contribution in [0, 0.1) is 10.8 Å². The Bertz CT molecular complexity index is 3140. The Morgan fingerprint density at radius 2 is 0.925 bits per heavy atom. The van der Waals surface area contributed by atoms with Crippen molar-refractivity contribution in [3.8, 4) is 0 Å². The van der Waals surface area contributed by atoms with Gasteiger partial charge in [-0.1, -0.05) is 121 Å². The van der Waals surface area contributed by atoms with E-state index >= 15 is 0 Å². The van der Waals surface area contributed by atoms with Gasteiger partial charge in [-0.2, -0.15) is 8.42 Å². The summed E-state index contributed by atoms with van der Waals surface area (Å²) in [4.78, 5) is 70.8. The number of amides is 4. The molecule has 4 amide bonds. The predicted octanol–water partition coefficient (Wildman–Crippen LogP) is 7.12. The molecule has 19 nitrogen and oxygen atoms in total. The van der Waals surface area contributed by atoms with E-state index in [0.29, 0.717) is 35.6 Å². The number of benzene rings is 6. The van der Waals surface area contributed by atoms with Gasteiger partial charge in [-0.3, -0.25) is 49.0 Å². The standard InChI is InChI=1S/C34H39N5O5.C26H25N3O6S/c1-24(2)43-30(40)23-38-19-17-37(18-20-38)21-29-22-39(34(42)44-29)28-15-13-27(14-16-28)32(35)36-33(41)31(25-9-5-3-6-10-25)26-11-7-4-8-12-26;1-36(32,33)34-17-22-16-29(26(31)35-22)21-14-12-20(13-15-21)24(27)28-25(30)23(18-8-4-2-5-9-18)19-10-6-3-7-11-19/h3-16,24,29,31H,17-23H2,1-2H3,(H2,35,36,41);2-15,22-23H,16-17H2,1H3,(H2,27,28,30). The molecular weight excluding hydrogens is 1040 g/mol. The zero-order valence-electron chi connectivity index (χ0n) is 44.6. The molecule has 20 heteroatoms. The SMILES string of the molecule is CC(C)OC(=O)CN1CCN(CC2CN(c3ccc(C(=N)NC(=O)C(c4ccccc4)c4ccccc4)cc3)C(=O)O2)CC1.CS(=O)(=O)OCC1CN(c2ccc(C(=N)NC(=O)C(c3ccccc3)c3ccccc3)cc2)C(=O)O1. The molecule has 3 heterocycles. The lowest BCUT2D eigenvalue weighted by atomic mass is 9.90. The first-order valence-electron chi connectivity index (χ1n) is 26.1. The summed E-state index contributed by atoms with van der Waals surface area (Å²) in [6, 6.07) is 51.2. The molecule has 0 aromatic heterocycles. The maximum atomic E-state index is 13.4. The molecule has 0 radical (unpaired) electrons. The minimum Gasteiger partial charge on any atom is -0.462 e. The molecule has 6 aromatic rings. The highest BCUT2D eigenvalue weighted by Gasteiger charge is 2.36. The minimum atomic E-state index is -3.65. The largest absolute Gasteiger partial charge is 0.462 e. The van der Waals surface area contributed by atoms with Crippen LogP contribution in [0.25, 0.3) is 0 Å². The fourth-order valence-electron chi connectivity index (χ4n) is 9.47. The number of ether oxygens (including phenoxy) is 3. The fraction of sp³-hybridized carbons (Fsp3) is 0.283. The molecule has 3 saturated heterocycles. The van der Waals surface area contributed by atoms with E-state index in [-0.39, 0.29) is 61.4 Å². The topological polar surface area (TPSA) is 241 Å². The van der Waals surface area contributed by atoms with Crippen LogP contribution >= 0.6 is 0 Å². The minimum absolute atomic E-state index is 0.0168. The zero-order chi connectivity index (χ0) is 56.8. The van der Waals surface area contributed by atoms with Gasteiger partial charge in [0.1, 0.15) is 30.5 Å². The van der Waals surface area contributed by atoms with Gasteiger partial charge < -0.3 is 24.8 Å². The van der Waals surface area contributed by atoms with E-state index in [1.165, 1.54) is 4.90 Å². The molecule has 416 valence electrons. The molecule has 4 N–H and O–H groups in total. The van der Waals surface area contributed by atoms with Crippen LogP contribution in [0.15, 0.2) is 170 Å². The van der Waals surface area contributed by atoms with Gasteiger partial charge in [0.15, 0.2) is 0 Å². The second-order valence-electron chi connectivity index (χ2n) is 19.7. The van der Waals surface area contributed by atoms with Gasteiger partial charge in [-0.25, -0.2) is 9.59 Å². The molecule has 0 bridgehead atoms. The first-order valence-corrected chi connectivity index (χ1v) is 27.9. The van der Waals surface area contributed by atoms with Crippen molar-refractivity contribution < 1.29 is 50.8 Å². The van der Waals surface area contributed by atoms with E-state index in [1.807, 2.05) is 135 Å². The Kier molecular flexibility index (Phi) is 19.3. The van der Waals surface area contributed by atoms with Crippen molar-refractivity contribution in [2.45, 2.75) is 44.0 Å². The Morgan fingerprint density at radius 1 is 0.562 bits per heavy atom. The molecule has 9 rings (SSSR count). The Morgan fingerprint density at radius 3 is 1.30 bits per heavy atom. The van der Waals surface area contributed by atoms with E-state index in [0.717, 1.165) is 54.7 Å². The number of esters is 1. The van der Waals surface area contributed by atoms with Crippen molar-refractivity contribution in [1.29, 1.82) is 10.8 Å². The van der Waals surface area contributed by atoms with Crippen molar-refractivity contribution in [2.75, 3.05) is 75.0 Å². The number of carbonyl (C=O) groups excluding carboxylic acids is 5. The number of rotatable bonds is 18. The van der Waals surface area contributed by atoms with Gasteiger partial charge in [0, 0.05) is 55.2 Å². The van der Waals surface area contributed by atoms with E-state index in [2.05, 4.69) is 20.4 Å². The van der Waals surface area contributed by atoms with Crippen LogP contribution in [0.4, 0.5) is 21.0 Å². The summed E-state index contributed by atoms with van der Waals surface area (Å²) in [5.41, 5.74) is 5.47. The number of hydrogen-bond donors (Lipinski definition) is 4. The third-order valence-corrected chi connectivity index (χ3v) is 13.9. The highest BCUT2D eigenvalue weighted by atomic mass is 32.2. The third-order valence-electron chi connectivity index (χ3n) is 13.4. The van der Waals surface area contributed by atoms with Gasteiger partial charge in [0.2, 0.25) is 11.8 Å². The summed E-state index contributed by atoms with van der Waals surface area (Å²) >= 11 is 0. The first-order chi connectivity index (χ1) is 38.5. The second-order valence-corrected chi connectivity index (χ2v) is 21.3. The summed E-state index contributed by atoms with van der Waals surface area (Å²) in [6.07, 6.45) is -1.22. The van der Waals surface area contributed by atoms with Crippen molar-refractivity contribution in [3.63, 3.8) is 0 Å². The van der Waals surface area contributed by atoms with Crippen molar-refractivity contribution in [1.82, 2.24) is 20.4 Å². The zero-order valence-corrected chi connectivity index (χ0v) is 45.4. The highest BCUT2D eigenvalue weighted by molar-refractivity contribution is 7.86. The highest BCUT2D eigenvalue weighted by Crippen LogP contribution is 2.28. The van der Waals surface area contributed by atoms with Crippen molar-refractivity contribution in [2.24, 2.45) is 0 Å². The maximum absolute atomic E-state index is 13.4. The smallest absolute Gasteiger partial charge is 0.414 e. The molecular formula is C60H64N8O11S. The Labute approximate surface area is 465 Å². The van der Waals surface area contributed by atoms with Gasteiger partial charge in [0.25, 0.3) is 10.1 Å². The molecule has 3 aliphatic heterocycles. The Balaban J connectivity index is 0.000000215. The lowest BCUT2D eigenvalue weighted by Gasteiger charge is -2.34. The van der Waals surface area contributed by atoms with Crippen molar-refractivity contribution >= 4 is 63.1 Å². The lowest BCUT2D eigenvalue weighted by molar-refractivity contribution is -0.149. The van der Waals surface area contributed by atoms with Crippen LogP contribution in [-0.2, 0) is 42.9 Å². The number of carbonyl (C=O) groups is 5. The van der Waals surface area contributed by atoms with Crippen LogP contribution in [0.3, 0.4) is 0 Å². The fourth-order valence-corrected chi connectivity index (χ4v) is 9.87. The number of nitrogens with one attached hydrogen (secondary N) is 4. The average molecular weight is 1110 g/mol. The van der Waals surface area contributed by atoms with Gasteiger partial charge >= 0.3 is 18.2 Å². The molecule has 2 atom stereocenters. The van der Waals surface area contributed by atoms with Gasteiger partial charge in [-0.05, 0) is 84.6 Å². The summed E-state index contributed by atoms with van der Waals surface area (Å²) in [7, 11) is -3.65. The molecule has 6 aromatic carbocycles. The monoisotopic (exact) mass is 1100 g/mol. The van der Waals surface area contributed by atoms with E-state index < -0.39 is 40.2 Å². The van der Waals surface area contributed by atoms with Crippen molar-refractivity contribution in [3.05, 3.63) is 203 Å². The normalized spacial score (nSPS) is 16.6. The van der Waals surface area contributed by atoms with Crippen LogP contribution in [0.5, 0.6) is 0 Å². The van der Waals surface area contributed by atoms with Crippen LogP contribution < -0.4 is 20.4 Å². The van der Waals surface area contributed by atoms with Crippen LogP contribution in [0.2, 0.25) is 0 Å². The third kappa shape index (κ3) is 15.8. The molecule has 0 aliphatic carbocycles. The molecule has 0 saturated carbocycles. The van der Waals surface area contributed by atoms with Gasteiger partial charge in [-0.15, -0.1) is 0 Å². The number of amidine groups is 2. The average Bonchev–Trinajstić information content (AvgIpc) is 4.04. The van der Waals surface area contributed by atoms with E-state index in [9.17, 15) is 32.4 Å². The molecule has 80 heavy (non-hydrogen) atoms. The quantitative estimate of drug-likeness (QED) is 0.0221. The summed E-state index contributed by atoms with van der Waals surface area (Å²) in [5.74, 6) is -2.07. The lowest BCUT2D eigenvalue weighted by Crippen LogP contribution is -2.50. The predicted molar refractivity (Wildman–Crippen MR) is 302 cm³/mol. The van der Waals surface area contributed by atoms with E-state index in [1.54, 1.807) is 53.4 Å². The molecule has 3 aliphatic rings. The van der Waals surface area contributed by atoms with Crippen LogP contribution in [-0.4, -0.2) is 143 Å². The molecule has 3 fully saturated rings. The number of nitrogens with zero attached hydrogens (tertiary/aromatic N) is 4. The Hall–Kier alpha value is -8.56. The number of piperazine rings is 1. The number of hydrogen-bond acceptors (Lipinski definition) is 15.